The van der Waals surface area contributed by atoms with E-state index < -0.39 is 85.9 Å². The zero-order chi connectivity index (χ0) is 49.2. The van der Waals surface area contributed by atoms with Crippen LogP contribution in [-0.2, 0) is 48.2 Å². The number of hydrogen-bond acceptors (Lipinski definition) is 22. The molecular formula is C40H38F2N10O14P2S2. The van der Waals surface area contributed by atoms with Crippen LogP contribution in [0.1, 0.15) is 23.6 Å². The Hall–Kier alpha value is -5.80. The van der Waals surface area contributed by atoms with Crippen molar-refractivity contribution < 1.29 is 64.8 Å². The van der Waals surface area contributed by atoms with Crippen LogP contribution in [0.2, 0.25) is 0 Å². The number of nitro benzene ring substituents is 2. The molecule has 3 saturated heterocycles. The molecule has 30 heteroatoms. The van der Waals surface area contributed by atoms with E-state index in [0.717, 1.165) is 12.7 Å². The maximum atomic E-state index is 17.3. The van der Waals surface area contributed by atoms with Crippen molar-refractivity contribution in [2.24, 2.45) is 0 Å². The number of fused-ring (bicyclic) bond motifs is 4. The number of hydrogen-bond donors (Lipinski definition) is 0. The summed E-state index contributed by atoms with van der Waals surface area (Å²) >= 11 is 0.943. The van der Waals surface area contributed by atoms with Gasteiger partial charge in [0.1, 0.15) is 50.3 Å². The van der Waals surface area contributed by atoms with E-state index in [1.54, 1.807) is 0 Å². The zero-order valence-corrected chi connectivity index (χ0v) is 39.4. The van der Waals surface area contributed by atoms with E-state index in [-0.39, 0.29) is 81.3 Å². The average Bonchev–Trinajstić information content (AvgIpc) is 4.14. The van der Waals surface area contributed by atoms with Gasteiger partial charge >= 0.3 is 13.6 Å². The molecule has 4 aromatic heterocycles. The normalized spacial score (nSPS) is 28.0. The molecule has 0 N–H and O–H groups in total. The van der Waals surface area contributed by atoms with Crippen LogP contribution in [0.5, 0.6) is 11.8 Å². The first-order chi connectivity index (χ1) is 33.8. The minimum absolute atomic E-state index is 0.0409. The predicted octanol–water partition coefficient (Wildman–Crippen LogP) is 7.98. The Kier molecular flexibility index (Phi) is 14.7. The summed E-state index contributed by atoms with van der Waals surface area (Å²) in [6.45, 7) is -3.92. The van der Waals surface area contributed by atoms with E-state index in [1.807, 2.05) is 0 Å². The van der Waals surface area contributed by atoms with Gasteiger partial charge in [0.25, 0.3) is 11.4 Å². The Balaban J connectivity index is 1.10. The maximum absolute atomic E-state index is 17.3. The largest absolute Gasteiger partial charge is 0.472 e. The van der Waals surface area contributed by atoms with E-state index >= 15 is 17.9 Å². The van der Waals surface area contributed by atoms with E-state index in [4.69, 9.17) is 37.0 Å². The Morgan fingerprint density at radius 2 is 1.10 bits per heavy atom. The van der Waals surface area contributed by atoms with Gasteiger partial charge in [-0.05, 0) is 22.8 Å². The van der Waals surface area contributed by atoms with Crippen molar-refractivity contribution in [2.75, 3.05) is 26.4 Å². The van der Waals surface area contributed by atoms with Crippen LogP contribution in [0.25, 0.3) is 22.3 Å². The zero-order valence-electron chi connectivity index (χ0n) is 36.0. The number of nitrogens with zero attached hydrogens (tertiary/aromatic N) is 10. The predicted molar refractivity (Wildman–Crippen MR) is 245 cm³/mol. The molecule has 6 aromatic rings. The first kappa shape index (κ1) is 49.2. The SMILES string of the molecule is C=CCOc1ncnc2c1ncn2C1O[C@@H]2CO[P@@](=O)(SCc3ccccc3[N+](=O)[O-])O[C@H]3[C@@H](F)[C@H](n4cnc5c(OCC=C)ncnc54)O[C@@H]3CO[P@@](=O)(SCc3ccccc3[N+](=O)[O-])O[C@H]2[C@H]1F. The number of benzene rings is 2. The Bertz CT molecular complexity index is 2850. The van der Waals surface area contributed by atoms with E-state index in [0.29, 0.717) is 22.8 Å². The minimum atomic E-state index is -4.79. The van der Waals surface area contributed by atoms with Crippen LogP contribution in [0.3, 0.4) is 0 Å². The molecule has 0 amide bonds. The van der Waals surface area contributed by atoms with Crippen LogP contribution in [-0.4, -0.2) is 112 Å². The molecule has 368 valence electrons. The maximum Gasteiger partial charge on any atom is 0.390 e. The summed E-state index contributed by atoms with van der Waals surface area (Å²) in [5.41, 5.74) is -0.109. The van der Waals surface area contributed by atoms with E-state index in [1.165, 1.54) is 82.5 Å². The minimum Gasteiger partial charge on any atom is -0.472 e. The van der Waals surface area contributed by atoms with Crippen molar-refractivity contribution in [2.45, 2.75) is 60.7 Å². The molecule has 24 nitrogen and oxygen atoms in total. The third kappa shape index (κ3) is 10.1. The van der Waals surface area contributed by atoms with E-state index in [9.17, 15) is 20.2 Å². The first-order valence-corrected chi connectivity index (χ1v) is 27.1. The van der Waals surface area contributed by atoms with Crippen molar-refractivity contribution >= 4 is 70.1 Å². The third-order valence-electron chi connectivity index (χ3n) is 10.8. The number of ether oxygens (including phenoxy) is 4. The molecule has 0 saturated carbocycles. The highest BCUT2D eigenvalue weighted by Crippen LogP contribution is 2.67. The lowest BCUT2D eigenvalue weighted by Crippen LogP contribution is -2.37. The summed E-state index contributed by atoms with van der Waals surface area (Å²) in [7, 11) is 0. The summed E-state index contributed by atoms with van der Waals surface area (Å²) in [4.78, 5) is 48.0. The van der Waals surface area contributed by atoms with Crippen molar-refractivity contribution in [1.29, 1.82) is 0 Å². The second-order valence-electron chi connectivity index (χ2n) is 15.2. The second kappa shape index (κ2) is 20.9. The highest BCUT2D eigenvalue weighted by atomic mass is 32.7. The van der Waals surface area contributed by atoms with Crippen LogP contribution < -0.4 is 9.47 Å². The van der Waals surface area contributed by atoms with Crippen molar-refractivity contribution in [3.63, 3.8) is 0 Å². The fourth-order valence-electron chi connectivity index (χ4n) is 7.62. The molecule has 0 aliphatic carbocycles. The summed E-state index contributed by atoms with van der Waals surface area (Å²) in [5, 5.41) is 24.0. The van der Waals surface area contributed by atoms with Crippen molar-refractivity contribution in [3.05, 3.63) is 131 Å². The standard InChI is InChI=1S/C40H38F2N10O14P2S2/c1-3-13-59-37-31-35(43-19-45-37)49(21-47-31)39-29(41)33-27(63-39)15-61-68(58,70-18-24-10-6-8-12-26(24)52(55)56)66-34-28(16-62-67(57,65-33)69-17-23-9-5-7-11-25(23)51(53)54)64-40(30(34)42)50-22-48-32-36(50)44-20-46-38(32)60-14-4-2/h3-12,19-22,27-30,33-34,39-40H,1-2,13-18H2/t27-,28-,29-,30-,33-,34-,39-,40?,67-,68-/m1/s1. The molecule has 3 aliphatic heterocycles. The van der Waals surface area contributed by atoms with Gasteiger partial charge in [-0.15, -0.1) is 0 Å². The van der Waals surface area contributed by atoms with Gasteiger partial charge in [0.2, 0.25) is 11.8 Å². The molecule has 1 unspecified atom stereocenters. The highest BCUT2D eigenvalue weighted by Gasteiger charge is 2.55. The molecule has 9 rings (SSSR count). The topological polar surface area (TPSA) is 281 Å². The first-order valence-electron chi connectivity index (χ1n) is 20.8. The van der Waals surface area contributed by atoms with Gasteiger partial charge < -0.3 is 18.9 Å². The Morgan fingerprint density at radius 1 is 0.686 bits per heavy atom. The van der Waals surface area contributed by atoms with Crippen molar-refractivity contribution in [1.82, 2.24) is 39.0 Å². The Labute approximate surface area is 402 Å². The molecule has 0 radical (unpaired) electrons. The number of halogens is 2. The lowest BCUT2D eigenvalue weighted by Gasteiger charge is -2.30. The third-order valence-corrected chi connectivity index (χ3v) is 18.1. The fourth-order valence-corrected chi connectivity index (χ4v) is 14.4. The van der Waals surface area contributed by atoms with Gasteiger partial charge in [-0.3, -0.25) is 47.5 Å². The molecule has 2 aromatic carbocycles. The molecule has 0 bridgehead atoms. The number of nitro groups is 2. The molecule has 0 spiro atoms. The second-order valence-corrected chi connectivity index (χ2v) is 23.2. The van der Waals surface area contributed by atoms with Gasteiger partial charge in [0.05, 0.1) is 35.7 Å². The average molecular weight is 1050 g/mol. The monoisotopic (exact) mass is 1050 g/mol. The number of alkyl halides is 2. The van der Waals surface area contributed by atoms with Gasteiger partial charge in [-0.2, -0.15) is 9.97 Å². The number of para-hydroxylation sites is 2. The summed E-state index contributed by atoms with van der Waals surface area (Å²) in [6.07, 6.45) is -7.15. The van der Waals surface area contributed by atoms with Crippen molar-refractivity contribution in [3.8, 4) is 11.8 Å². The quantitative estimate of drug-likeness (QED) is 0.0384. The highest BCUT2D eigenvalue weighted by molar-refractivity contribution is 8.55. The van der Waals surface area contributed by atoms with Gasteiger partial charge in [-0.25, -0.2) is 37.8 Å². The smallest absolute Gasteiger partial charge is 0.390 e. The lowest BCUT2D eigenvalue weighted by atomic mass is 10.1. The molecule has 70 heavy (non-hydrogen) atoms. The van der Waals surface area contributed by atoms with Crippen LogP contribution >= 0.6 is 36.4 Å². The molecular weight excluding hydrogens is 1010 g/mol. The van der Waals surface area contributed by atoms with Crippen LogP contribution in [0, 0.1) is 20.2 Å². The summed E-state index contributed by atoms with van der Waals surface area (Å²) in [6, 6.07) is 11.2. The van der Waals surface area contributed by atoms with Crippen LogP contribution in [0.15, 0.2) is 99.2 Å². The number of imidazole rings is 2. The summed E-state index contributed by atoms with van der Waals surface area (Å²) < 4.78 is 115. The van der Waals surface area contributed by atoms with Crippen LogP contribution in [0.4, 0.5) is 20.2 Å². The molecule has 3 fully saturated rings. The van der Waals surface area contributed by atoms with Gasteiger partial charge in [0.15, 0.2) is 47.1 Å². The molecule has 3 aliphatic rings. The summed E-state index contributed by atoms with van der Waals surface area (Å²) in [5.74, 6) is -0.652. The fraction of sp³-hybridized carbons (Fsp3) is 0.350. The molecule has 10 atom stereocenters. The van der Waals surface area contributed by atoms with Gasteiger partial charge in [-0.1, -0.05) is 61.7 Å². The number of rotatable bonds is 16. The Morgan fingerprint density at radius 3 is 1.50 bits per heavy atom. The van der Waals surface area contributed by atoms with E-state index in [2.05, 4.69) is 43.1 Å². The van der Waals surface area contributed by atoms with Gasteiger partial charge in [0, 0.05) is 34.8 Å². The number of aromatic nitrogens is 8. The lowest BCUT2D eigenvalue weighted by molar-refractivity contribution is -0.385. The molecule has 7 heterocycles.